The Labute approximate surface area is 175 Å². The lowest BCUT2D eigenvalue weighted by atomic mass is 9.99. The Morgan fingerprint density at radius 1 is 1.03 bits per heavy atom. The lowest BCUT2D eigenvalue weighted by Gasteiger charge is -2.30. The van der Waals surface area contributed by atoms with E-state index >= 15 is 0 Å². The van der Waals surface area contributed by atoms with E-state index in [1.807, 2.05) is 45.0 Å². The van der Waals surface area contributed by atoms with Crippen LogP contribution in [-0.2, 0) is 21.2 Å². The van der Waals surface area contributed by atoms with Crippen molar-refractivity contribution in [1.29, 1.82) is 0 Å². The van der Waals surface area contributed by atoms with Gasteiger partial charge in [-0.3, -0.25) is 9.10 Å². The number of nitrogens with zero attached hydrogens (tertiary/aromatic N) is 1. The van der Waals surface area contributed by atoms with E-state index in [-0.39, 0.29) is 11.9 Å². The van der Waals surface area contributed by atoms with Gasteiger partial charge in [0.05, 0.1) is 18.0 Å². The van der Waals surface area contributed by atoms with Gasteiger partial charge in [-0.25, -0.2) is 8.42 Å². The van der Waals surface area contributed by atoms with Gasteiger partial charge in [-0.15, -0.1) is 0 Å². The second-order valence-corrected chi connectivity index (χ2v) is 9.43. The van der Waals surface area contributed by atoms with E-state index in [0.29, 0.717) is 12.1 Å². The molecule has 0 aromatic heterocycles. The molecule has 0 aliphatic carbocycles. The number of nitrogens with one attached hydrogen (secondary N) is 1. The summed E-state index contributed by atoms with van der Waals surface area (Å²) in [5, 5.41) is 3.03. The van der Waals surface area contributed by atoms with Gasteiger partial charge >= 0.3 is 0 Å². The summed E-state index contributed by atoms with van der Waals surface area (Å²) in [7, 11) is -3.63. The standard InChI is InChI=1S/C23H32N2O3S/c1-7-19-10-13-21(14-11-19)25(29(6,27)28)18(5)23(26)24-22(8-2)20-12-9-16(3)17(4)15-20/h9-15,18,22H,7-8H2,1-6H3,(H,24,26)/t18-,22+/m1/s1. The van der Waals surface area contributed by atoms with Crippen LogP contribution in [0.1, 0.15) is 55.5 Å². The minimum Gasteiger partial charge on any atom is -0.347 e. The Hall–Kier alpha value is -2.34. The average Bonchev–Trinajstić information content (AvgIpc) is 2.67. The molecular weight excluding hydrogens is 384 g/mol. The molecule has 5 nitrogen and oxygen atoms in total. The quantitative estimate of drug-likeness (QED) is 0.698. The number of anilines is 1. The third kappa shape index (κ3) is 5.60. The minimum atomic E-state index is -3.63. The molecule has 0 aliphatic heterocycles. The smallest absolute Gasteiger partial charge is 0.244 e. The van der Waals surface area contributed by atoms with Crippen LogP contribution >= 0.6 is 0 Å². The largest absolute Gasteiger partial charge is 0.347 e. The molecule has 0 spiro atoms. The van der Waals surface area contributed by atoms with Gasteiger partial charge in [0.25, 0.3) is 0 Å². The maximum absolute atomic E-state index is 13.0. The Balaban J connectivity index is 2.28. The molecule has 2 rings (SSSR count). The summed E-state index contributed by atoms with van der Waals surface area (Å²) in [5.41, 5.74) is 4.99. The first-order valence-electron chi connectivity index (χ1n) is 10.0. The molecule has 0 unspecified atom stereocenters. The summed E-state index contributed by atoms with van der Waals surface area (Å²) in [5.74, 6) is -0.319. The van der Waals surface area contributed by atoms with Crippen LogP contribution in [0, 0.1) is 13.8 Å². The molecule has 0 radical (unpaired) electrons. The monoisotopic (exact) mass is 416 g/mol. The van der Waals surface area contributed by atoms with E-state index in [0.717, 1.165) is 29.4 Å². The predicted molar refractivity (Wildman–Crippen MR) is 120 cm³/mol. The molecule has 0 saturated carbocycles. The van der Waals surface area contributed by atoms with Gasteiger partial charge in [0.1, 0.15) is 6.04 Å². The highest BCUT2D eigenvalue weighted by Gasteiger charge is 2.30. The van der Waals surface area contributed by atoms with E-state index in [4.69, 9.17) is 0 Å². The molecule has 1 N–H and O–H groups in total. The molecule has 0 fully saturated rings. The van der Waals surface area contributed by atoms with E-state index in [1.54, 1.807) is 19.1 Å². The van der Waals surface area contributed by atoms with Gasteiger partial charge in [-0.05, 0) is 68.0 Å². The Morgan fingerprint density at radius 2 is 1.66 bits per heavy atom. The SMILES string of the molecule is CCc1ccc(N([C@H](C)C(=O)N[C@@H](CC)c2ccc(C)c(C)c2)S(C)(=O)=O)cc1. The van der Waals surface area contributed by atoms with Gasteiger partial charge in [-0.1, -0.05) is 44.2 Å². The Bertz CT molecular complexity index is 953. The van der Waals surface area contributed by atoms with Gasteiger partial charge in [0, 0.05) is 0 Å². The minimum absolute atomic E-state index is 0.173. The predicted octanol–water partition coefficient (Wildman–Crippen LogP) is 4.29. The highest BCUT2D eigenvalue weighted by Crippen LogP contribution is 2.24. The fourth-order valence-electron chi connectivity index (χ4n) is 3.38. The molecule has 1 amide bonds. The van der Waals surface area contributed by atoms with Crippen molar-refractivity contribution in [3.05, 3.63) is 64.7 Å². The van der Waals surface area contributed by atoms with Crippen LogP contribution in [0.2, 0.25) is 0 Å². The first-order valence-corrected chi connectivity index (χ1v) is 11.9. The first-order chi connectivity index (χ1) is 13.6. The van der Waals surface area contributed by atoms with Crippen LogP contribution in [0.15, 0.2) is 42.5 Å². The molecule has 0 bridgehead atoms. The van der Waals surface area contributed by atoms with E-state index in [2.05, 4.69) is 18.3 Å². The molecule has 0 heterocycles. The fourth-order valence-corrected chi connectivity index (χ4v) is 4.56. The summed E-state index contributed by atoms with van der Waals surface area (Å²) in [6.07, 6.45) is 2.71. The molecule has 6 heteroatoms. The van der Waals surface area contributed by atoms with Crippen molar-refractivity contribution in [2.45, 2.75) is 59.5 Å². The number of sulfonamides is 1. The number of hydrogen-bond acceptors (Lipinski definition) is 3. The summed E-state index contributed by atoms with van der Waals surface area (Å²) in [6.45, 7) is 9.76. The van der Waals surface area contributed by atoms with Crippen molar-refractivity contribution in [3.63, 3.8) is 0 Å². The van der Waals surface area contributed by atoms with Gasteiger partial charge in [0.15, 0.2) is 0 Å². The van der Waals surface area contributed by atoms with Crippen LogP contribution in [0.3, 0.4) is 0 Å². The summed E-state index contributed by atoms with van der Waals surface area (Å²) >= 11 is 0. The topological polar surface area (TPSA) is 66.5 Å². The number of benzene rings is 2. The number of rotatable bonds is 8. The number of amides is 1. The maximum atomic E-state index is 13.0. The van der Waals surface area contributed by atoms with Gasteiger partial charge < -0.3 is 5.32 Å². The molecule has 2 atom stereocenters. The van der Waals surface area contributed by atoms with E-state index in [9.17, 15) is 13.2 Å². The highest BCUT2D eigenvalue weighted by molar-refractivity contribution is 7.92. The zero-order valence-corrected chi connectivity index (χ0v) is 19.0. The Kier molecular flexibility index (Phi) is 7.47. The van der Waals surface area contributed by atoms with Crippen LogP contribution in [0.4, 0.5) is 5.69 Å². The van der Waals surface area contributed by atoms with E-state index in [1.165, 1.54) is 9.87 Å². The Morgan fingerprint density at radius 3 is 2.14 bits per heavy atom. The van der Waals surface area contributed by atoms with Crippen LogP contribution in [-0.4, -0.2) is 26.6 Å². The van der Waals surface area contributed by atoms with Gasteiger partial charge in [0.2, 0.25) is 15.9 Å². The lowest BCUT2D eigenvalue weighted by molar-refractivity contribution is -0.122. The van der Waals surface area contributed by atoms with Crippen molar-refractivity contribution < 1.29 is 13.2 Å². The van der Waals surface area contributed by atoms with Gasteiger partial charge in [-0.2, -0.15) is 0 Å². The third-order valence-electron chi connectivity index (χ3n) is 5.35. The molecule has 2 aromatic rings. The first kappa shape index (κ1) is 22.9. The second kappa shape index (κ2) is 9.44. The molecule has 0 aliphatic rings. The molecule has 2 aromatic carbocycles. The van der Waals surface area contributed by atoms with Crippen molar-refractivity contribution in [2.75, 3.05) is 10.6 Å². The summed E-state index contributed by atoms with van der Waals surface area (Å²) in [6, 6.07) is 12.4. The summed E-state index contributed by atoms with van der Waals surface area (Å²) < 4.78 is 26.2. The number of aryl methyl sites for hydroxylation is 3. The zero-order valence-electron chi connectivity index (χ0n) is 18.2. The maximum Gasteiger partial charge on any atom is 0.244 e. The molecule has 158 valence electrons. The van der Waals surface area contributed by atoms with Crippen LogP contribution in [0.5, 0.6) is 0 Å². The number of hydrogen-bond donors (Lipinski definition) is 1. The molecule has 0 saturated heterocycles. The normalized spacial score (nSPS) is 13.6. The van der Waals surface area contributed by atoms with E-state index < -0.39 is 16.1 Å². The van der Waals surface area contributed by atoms with Crippen LogP contribution < -0.4 is 9.62 Å². The number of carbonyl (C=O) groups excluding carboxylic acids is 1. The lowest BCUT2D eigenvalue weighted by Crippen LogP contribution is -2.48. The van der Waals surface area contributed by atoms with Crippen molar-refractivity contribution >= 4 is 21.6 Å². The number of carbonyl (C=O) groups is 1. The van der Waals surface area contributed by atoms with Crippen molar-refractivity contribution in [3.8, 4) is 0 Å². The third-order valence-corrected chi connectivity index (χ3v) is 6.59. The van der Waals surface area contributed by atoms with Crippen LogP contribution in [0.25, 0.3) is 0 Å². The molecule has 29 heavy (non-hydrogen) atoms. The molecular formula is C23H32N2O3S. The van der Waals surface area contributed by atoms with Crippen molar-refractivity contribution in [1.82, 2.24) is 5.32 Å². The fraction of sp³-hybridized carbons (Fsp3) is 0.435. The zero-order chi connectivity index (χ0) is 21.8. The summed E-state index contributed by atoms with van der Waals surface area (Å²) in [4.78, 5) is 13.0. The average molecular weight is 417 g/mol. The second-order valence-electron chi connectivity index (χ2n) is 7.57. The highest BCUT2D eigenvalue weighted by atomic mass is 32.2. The van der Waals surface area contributed by atoms with Crippen molar-refractivity contribution in [2.24, 2.45) is 0 Å².